The van der Waals surface area contributed by atoms with Crippen molar-refractivity contribution in [2.45, 2.75) is 32.7 Å². The highest BCUT2D eigenvalue weighted by Gasteiger charge is 2.41. The first kappa shape index (κ1) is 19.9. The molecule has 0 saturated carbocycles. The summed E-state index contributed by atoms with van der Waals surface area (Å²) in [5, 5.41) is 13.7. The molecule has 1 spiro atoms. The fourth-order valence-corrected chi connectivity index (χ4v) is 4.80. The van der Waals surface area contributed by atoms with E-state index in [1.54, 1.807) is 4.90 Å². The van der Waals surface area contributed by atoms with Crippen LogP contribution in [0.2, 0.25) is 5.02 Å². The number of piperidine rings is 1. The van der Waals surface area contributed by atoms with Gasteiger partial charge in [0.2, 0.25) is 0 Å². The minimum Gasteiger partial charge on any atom is -0.476 e. The van der Waals surface area contributed by atoms with E-state index in [-0.39, 0.29) is 17.1 Å². The third-order valence-electron chi connectivity index (χ3n) is 6.35. The molecular formula is C21H25ClN4O3. The molecule has 0 radical (unpaired) electrons. The monoisotopic (exact) mass is 416 g/mol. The van der Waals surface area contributed by atoms with Crippen LogP contribution in [0.15, 0.2) is 30.5 Å². The highest BCUT2D eigenvalue weighted by Crippen LogP contribution is 2.41. The minimum atomic E-state index is -1.13. The van der Waals surface area contributed by atoms with E-state index in [0.717, 1.165) is 48.6 Å². The van der Waals surface area contributed by atoms with E-state index >= 15 is 0 Å². The lowest BCUT2D eigenvalue weighted by Crippen LogP contribution is -2.45. The van der Waals surface area contributed by atoms with Crippen LogP contribution in [-0.4, -0.2) is 62.9 Å². The van der Waals surface area contributed by atoms with Gasteiger partial charge in [-0.3, -0.25) is 4.90 Å². The normalized spacial score (nSPS) is 19.0. The van der Waals surface area contributed by atoms with Crippen molar-refractivity contribution in [2.24, 2.45) is 5.41 Å². The van der Waals surface area contributed by atoms with Gasteiger partial charge in [0.25, 0.3) is 0 Å². The number of halogens is 1. The number of carbonyl (C=O) groups is 2. The van der Waals surface area contributed by atoms with Crippen molar-refractivity contribution in [3.63, 3.8) is 0 Å². The third-order valence-corrected chi connectivity index (χ3v) is 6.71. The van der Waals surface area contributed by atoms with Crippen LogP contribution in [0, 0.1) is 12.3 Å². The van der Waals surface area contributed by atoms with Gasteiger partial charge in [0.15, 0.2) is 5.69 Å². The first-order chi connectivity index (χ1) is 13.9. The van der Waals surface area contributed by atoms with Crippen LogP contribution >= 0.6 is 11.6 Å². The summed E-state index contributed by atoms with van der Waals surface area (Å²) in [5.74, 6) is -1.13. The topological polar surface area (TPSA) is 78.7 Å². The van der Waals surface area contributed by atoms with E-state index in [4.69, 9.17) is 16.7 Å². The number of nitrogens with zero attached hydrogens (tertiary/aromatic N) is 4. The van der Waals surface area contributed by atoms with Crippen LogP contribution in [0.1, 0.15) is 40.9 Å². The van der Waals surface area contributed by atoms with Crippen molar-refractivity contribution in [3.05, 3.63) is 52.3 Å². The number of likely N-dealkylation sites (tertiary alicyclic amines) is 2. The third kappa shape index (κ3) is 4.02. The molecule has 4 rings (SSSR count). The molecule has 0 unspecified atom stereocenters. The molecule has 2 saturated heterocycles. The van der Waals surface area contributed by atoms with Crippen LogP contribution in [0.25, 0.3) is 0 Å². The Bertz CT molecular complexity index is 914. The predicted octanol–water partition coefficient (Wildman–Crippen LogP) is 3.50. The summed E-state index contributed by atoms with van der Waals surface area (Å²) < 4.78 is 1.13. The lowest BCUT2D eigenvalue weighted by atomic mass is 9.78. The molecule has 2 aliphatic heterocycles. The van der Waals surface area contributed by atoms with E-state index < -0.39 is 5.97 Å². The van der Waals surface area contributed by atoms with Crippen molar-refractivity contribution in [1.29, 1.82) is 0 Å². The quantitative estimate of drug-likeness (QED) is 0.828. The number of aromatic nitrogens is 2. The van der Waals surface area contributed by atoms with Crippen molar-refractivity contribution in [1.82, 2.24) is 19.6 Å². The fourth-order valence-electron chi connectivity index (χ4n) is 4.52. The molecule has 1 aromatic heterocycles. The van der Waals surface area contributed by atoms with Crippen LogP contribution < -0.4 is 0 Å². The first-order valence-corrected chi connectivity index (χ1v) is 10.3. The van der Waals surface area contributed by atoms with E-state index in [0.29, 0.717) is 13.1 Å². The minimum absolute atomic E-state index is 0.117. The zero-order valence-corrected chi connectivity index (χ0v) is 17.2. The van der Waals surface area contributed by atoms with Crippen LogP contribution in [-0.2, 0) is 6.54 Å². The molecule has 1 N–H and O–H groups in total. The van der Waals surface area contributed by atoms with Crippen molar-refractivity contribution >= 4 is 23.6 Å². The zero-order chi connectivity index (χ0) is 20.6. The Morgan fingerprint density at radius 3 is 2.55 bits per heavy atom. The van der Waals surface area contributed by atoms with Gasteiger partial charge in [-0.25, -0.2) is 9.59 Å². The number of carbonyl (C=O) groups excluding carboxylic acids is 1. The number of carboxylic acid groups (broad SMARTS) is 1. The summed E-state index contributed by atoms with van der Waals surface area (Å²) in [6.07, 6.45) is 4.44. The number of aromatic carboxylic acids is 1. The molecule has 29 heavy (non-hydrogen) atoms. The Balaban J connectivity index is 1.35. The van der Waals surface area contributed by atoms with E-state index in [1.807, 2.05) is 12.1 Å². The molecule has 2 aliphatic rings. The Kier molecular flexibility index (Phi) is 5.36. The SMILES string of the molecule is Cc1cccc(Cl)c1CN1CCC2(CCN(C(=O)n3ccc(C(=O)O)n3)CC2)C1. The molecule has 7 nitrogen and oxygen atoms in total. The number of rotatable bonds is 3. The van der Waals surface area contributed by atoms with Crippen molar-refractivity contribution < 1.29 is 14.7 Å². The van der Waals surface area contributed by atoms with Gasteiger partial charge in [-0.05, 0) is 61.4 Å². The van der Waals surface area contributed by atoms with Gasteiger partial charge >= 0.3 is 12.0 Å². The van der Waals surface area contributed by atoms with Gasteiger partial charge in [0.1, 0.15) is 0 Å². The molecule has 2 aromatic rings. The summed E-state index contributed by atoms with van der Waals surface area (Å²) in [7, 11) is 0. The summed E-state index contributed by atoms with van der Waals surface area (Å²) in [4.78, 5) is 27.8. The number of hydrogen-bond acceptors (Lipinski definition) is 4. The Morgan fingerprint density at radius 2 is 1.90 bits per heavy atom. The summed E-state index contributed by atoms with van der Waals surface area (Å²) in [5.41, 5.74) is 2.54. The largest absolute Gasteiger partial charge is 0.476 e. The zero-order valence-electron chi connectivity index (χ0n) is 16.5. The Labute approximate surface area is 174 Å². The number of benzene rings is 1. The smallest absolute Gasteiger partial charge is 0.356 e. The Hall–Kier alpha value is -2.38. The maximum atomic E-state index is 12.6. The van der Waals surface area contributed by atoms with Crippen molar-refractivity contribution in [2.75, 3.05) is 26.2 Å². The maximum absolute atomic E-state index is 12.6. The molecule has 2 fully saturated rings. The highest BCUT2D eigenvalue weighted by molar-refractivity contribution is 6.31. The molecule has 1 amide bonds. The van der Waals surface area contributed by atoms with E-state index in [9.17, 15) is 9.59 Å². The second-order valence-electron chi connectivity index (χ2n) is 8.22. The van der Waals surface area contributed by atoms with Crippen molar-refractivity contribution in [3.8, 4) is 0 Å². The molecule has 0 atom stereocenters. The lowest BCUT2D eigenvalue weighted by Gasteiger charge is -2.39. The molecule has 0 aliphatic carbocycles. The molecular weight excluding hydrogens is 392 g/mol. The van der Waals surface area contributed by atoms with Gasteiger partial charge < -0.3 is 10.0 Å². The van der Waals surface area contributed by atoms with E-state index in [2.05, 4.69) is 23.0 Å². The second kappa shape index (κ2) is 7.80. The molecule has 1 aromatic carbocycles. The van der Waals surface area contributed by atoms with Gasteiger partial charge in [-0.1, -0.05) is 23.7 Å². The van der Waals surface area contributed by atoms with E-state index in [1.165, 1.54) is 23.4 Å². The fraction of sp³-hybridized carbons (Fsp3) is 0.476. The van der Waals surface area contributed by atoms with Gasteiger partial charge in [0, 0.05) is 37.4 Å². The van der Waals surface area contributed by atoms with Crippen LogP contribution in [0.4, 0.5) is 4.79 Å². The highest BCUT2D eigenvalue weighted by atomic mass is 35.5. The average Bonchev–Trinajstić information content (AvgIpc) is 3.33. The van der Waals surface area contributed by atoms with Gasteiger partial charge in [0.05, 0.1) is 0 Å². The summed E-state index contributed by atoms with van der Waals surface area (Å²) in [6.45, 7) is 6.35. The average molecular weight is 417 g/mol. The first-order valence-electron chi connectivity index (χ1n) is 9.91. The standard InChI is InChI=1S/C21H25ClN4O3/c1-15-3-2-4-17(22)16(15)13-24-10-6-21(14-24)7-11-25(12-8-21)20(29)26-9-5-18(23-26)19(27)28/h2-5,9H,6-8,10-14H2,1H3,(H,27,28). The summed E-state index contributed by atoms with van der Waals surface area (Å²) >= 11 is 6.40. The summed E-state index contributed by atoms with van der Waals surface area (Å²) in [6, 6.07) is 7.12. The number of aryl methyl sites for hydroxylation is 1. The number of amides is 1. The second-order valence-corrected chi connectivity index (χ2v) is 8.62. The molecule has 154 valence electrons. The molecule has 3 heterocycles. The predicted molar refractivity (Wildman–Crippen MR) is 109 cm³/mol. The molecule has 0 bridgehead atoms. The van der Waals surface area contributed by atoms with Gasteiger partial charge in [-0.2, -0.15) is 9.78 Å². The molecule has 8 heteroatoms. The lowest BCUT2D eigenvalue weighted by molar-refractivity contribution is 0.0689. The van der Waals surface area contributed by atoms with Crippen LogP contribution in [0.5, 0.6) is 0 Å². The van der Waals surface area contributed by atoms with Crippen LogP contribution in [0.3, 0.4) is 0 Å². The van der Waals surface area contributed by atoms with Gasteiger partial charge in [-0.15, -0.1) is 0 Å². The maximum Gasteiger partial charge on any atom is 0.356 e. The Morgan fingerprint density at radius 1 is 1.17 bits per heavy atom. The number of carboxylic acids is 1. The number of hydrogen-bond donors (Lipinski definition) is 1.